The van der Waals surface area contributed by atoms with Crippen molar-refractivity contribution in [1.82, 2.24) is 5.32 Å². The summed E-state index contributed by atoms with van der Waals surface area (Å²) in [7, 11) is 1.97. The molecule has 0 aromatic heterocycles. The maximum Gasteiger partial charge on any atom is 0.0131 e. The highest BCUT2D eigenvalue weighted by Gasteiger charge is 2.04. The minimum Gasteiger partial charge on any atom is -0.316 e. The van der Waals surface area contributed by atoms with E-state index in [0.717, 1.165) is 12.5 Å². The maximum atomic E-state index is 3.09. The van der Waals surface area contributed by atoms with Gasteiger partial charge in [0.15, 0.2) is 0 Å². The lowest BCUT2D eigenvalue weighted by Gasteiger charge is -2.13. The van der Waals surface area contributed by atoms with Crippen LogP contribution in [0.25, 0.3) is 0 Å². The van der Waals surface area contributed by atoms with E-state index in [0.29, 0.717) is 5.92 Å². The van der Waals surface area contributed by atoms with E-state index in [1.54, 1.807) is 0 Å². The molecule has 1 N–H and O–H groups in total. The summed E-state index contributed by atoms with van der Waals surface area (Å²) in [6.45, 7) is 7.81. The molecule has 0 saturated heterocycles. The first-order valence-corrected chi connectivity index (χ1v) is 4.53. The molecule has 0 fully saturated rings. The Kier molecular flexibility index (Phi) is 6.24. The van der Waals surface area contributed by atoms with Crippen LogP contribution in [0.15, 0.2) is 12.2 Å². The van der Waals surface area contributed by atoms with E-state index in [9.17, 15) is 0 Å². The normalized spacial score (nSPS) is 17.1. The van der Waals surface area contributed by atoms with Crippen LogP contribution < -0.4 is 5.32 Å². The van der Waals surface area contributed by atoms with Crippen molar-refractivity contribution >= 4 is 0 Å². The number of allylic oxidation sites excluding steroid dienone is 1. The van der Waals surface area contributed by atoms with Gasteiger partial charge < -0.3 is 5.32 Å². The minimum absolute atomic E-state index is 0.716. The summed E-state index contributed by atoms with van der Waals surface area (Å²) in [4.78, 5) is 0. The van der Waals surface area contributed by atoms with Crippen LogP contribution in [0.4, 0.5) is 0 Å². The van der Waals surface area contributed by atoms with Crippen LogP contribution in [0, 0.1) is 11.8 Å². The molecule has 0 heterocycles. The second-order valence-electron chi connectivity index (χ2n) is 3.23. The van der Waals surface area contributed by atoms with Crippen molar-refractivity contribution in [2.45, 2.75) is 27.2 Å². The highest BCUT2D eigenvalue weighted by Crippen LogP contribution is 2.14. The van der Waals surface area contributed by atoms with Gasteiger partial charge >= 0.3 is 0 Å². The van der Waals surface area contributed by atoms with Crippen molar-refractivity contribution in [3.63, 3.8) is 0 Å². The molecular formula is C10H21N. The lowest BCUT2D eigenvalue weighted by atomic mass is 9.93. The maximum absolute atomic E-state index is 3.09. The molecule has 2 unspecified atom stereocenters. The van der Waals surface area contributed by atoms with Gasteiger partial charge in [0.25, 0.3) is 0 Å². The molecule has 0 aromatic carbocycles. The van der Waals surface area contributed by atoms with Gasteiger partial charge in [0, 0.05) is 6.54 Å². The summed E-state index contributed by atoms with van der Waals surface area (Å²) in [5.41, 5.74) is 0. The average Bonchev–Trinajstić information content (AvgIpc) is 2.03. The summed E-state index contributed by atoms with van der Waals surface area (Å²) in [5, 5.41) is 3.09. The predicted octanol–water partition coefficient (Wildman–Crippen LogP) is 2.44. The number of likely N-dealkylation sites (N-methyl/N-ethyl adjacent to an activating group) is 1. The largest absolute Gasteiger partial charge is 0.316 e. The van der Waals surface area contributed by atoms with Crippen LogP contribution in [-0.4, -0.2) is 13.6 Å². The van der Waals surface area contributed by atoms with Gasteiger partial charge in [-0.3, -0.25) is 0 Å². The Bertz CT molecular complexity index is 107. The molecule has 0 saturated carbocycles. The SMILES string of the molecule is CCC(C)C(C)C=CCNC. The van der Waals surface area contributed by atoms with Crippen molar-refractivity contribution in [3.8, 4) is 0 Å². The molecule has 0 spiro atoms. The molecule has 2 atom stereocenters. The van der Waals surface area contributed by atoms with E-state index in [1.165, 1.54) is 6.42 Å². The zero-order valence-corrected chi connectivity index (χ0v) is 8.22. The first kappa shape index (κ1) is 10.7. The fraction of sp³-hybridized carbons (Fsp3) is 0.800. The molecule has 1 nitrogen and oxygen atoms in total. The fourth-order valence-corrected chi connectivity index (χ4v) is 0.962. The number of nitrogens with one attached hydrogen (secondary N) is 1. The summed E-state index contributed by atoms with van der Waals surface area (Å²) >= 11 is 0. The zero-order chi connectivity index (χ0) is 8.69. The minimum atomic E-state index is 0.716. The third-order valence-electron chi connectivity index (χ3n) is 2.30. The summed E-state index contributed by atoms with van der Waals surface area (Å²) < 4.78 is 0. The molecule has 11 heavy (non-hydrogen) atoms. The Morgan fingerprint density at radius 3 is 2.45 bits per heavy atom. The van der Waals surface area contributed by atoms with Crippen molar-refractivity contribution in [2.75, 3.05) is 13.6 Å². The Hall–Kier alpha value is -0.300. The van der Waals surface area contributed by atoms with Gasteiger partial charge in [0.1, 0.15) is 0 Å². The predicted molar refractivity (Wildman–Crippen MR) is 51.7 cm³/mol. The molecule has 0 amide bonds. The van der Waals surface area contributed by atoms with Crippen LogP contribution in [0.5, 0.6) is 0 Å². The molecule has 0 aromatic rings. The van der Waals surface area contributed by atoms with E-state index < -0.39 is 0 Å². The van der Waals surface area contributed by atoms with Crippen LogP contribution >= 0.6 is 0 Å². The summed E-state index contributed by atoms with van der Waals surface area (Å²) in [6.07, 6.45) is 5.77. The quantitative estimate of drug-likeness (QED) is 0.601. The highest BCUT2D eigenvalue weighted by atomic mass is 14.8. The van der Waals surface area contributed by atoms with Crippen molar-refractivity contribution in [3.05, 3.63) is 12.2 Å². The third-order valence-corrected chi connectivity index (χ3v) is 2.30. The molecule has 0 aliphatic carbocycles. The van der Waals surface area contributed by atoms with E-state index in [4.69, 9.17) is 0 Å². The molecule has 1 heteroatoms. The highest BCUT2D eigenvalue weighted by molar-refractivity contribution is 4.89. The van der Waals surface area contributed by atoms with Gasteiger partial charge in [0.2, 0.25) is 0 Å². The molecule has 0 radical (unpaired) electrons. The van der Waals surface area contributed by atoms with Gasteiger partial charge in [-0.1, -0.05) is 39.3 Å². The summed E-state index contributed by atoms with van der Waals surface area (Å²) in [6, 6.07) is 0. The first-order valence-electron chi connectivity index (χ1n) is 4.53. The van der Waals surface area contributed by atoms with Gasteiger partial charge in [0.05, 0.1) is 0 Å². The first-order chi connectivity index (χ1) is 5.22. The number of hydrogen-bond donors (Lipinski definition) is 1. The van der Waals surface area contributed by atoms with E-state index in [2.05, 4.69) is 38.2 Å². The van der Waals surface area contributed by atoms with E-state index in [-0.39, 0.29) is 0 Å². The molecule has 0 aliphatic rings. The average molecular weight is 155 g/mol. The molecule has 0 rings (SSSR count). The third kappa shape index (κ3) is 5.02. The lowest BCUT2D eigenvalue weighted by Crippen LogP contribution is -2.07. The Balaban J connectivity index is 3.57. The second kappa shape index (κ2) is 6.41. The molecule has 0 aliphatic heterocycles. The van der Waals surface area contributed by atoms with Crippen LogP contribution in [0.1, 0.15) is 27.2 Å². The number of rotatable bonds is 5. The summed E-state index contributed by atoms with van der Waals surface area (Å²) in [5.74, 6) is 1.52. The Labute approximate surface area is 70.9 Å². The topological polar surface area (TPSA) is 12.0 Å². The second-order valence-corrected chi connectivity index (χ2v) is 3.23. The lowest BCUT2D eigenvalue weighted by molar-refractivity contribution is 0.445. The molecule has 66 valence electrons. The van der Waals surface area contributed by atoms with Gasteiger partial charge in [-0.25, -0.2) is 0 Å². The number of hydrogen-bond acceptors (Lipinski definition) is 1. The van der Waals surface area contributed by atoms with E-state index >= 15 is 0 Å². The zero-order valence-electron chi connectivity index (χ0n) is 8.22. The van der Waals surface area contributed by atoms with Gasteiger partial charge in [-0.15, -0.1) is 0 Å². The van der Waals surface area contributed by atoms with Crippen LogP contribution in [-0.2, 0) is 0 Å². The van der Waals surface area contributed by atoms with Crippen molar-refractivity contribution in [1.29, 1.82) is 0 Å². The van der Waals surface area contributed by atoms with E-state index in [1.807, 2.05) is 7.05 Å². The van der Waals surface area contributed by atoms with Crippen molar-refractivity contribution in [2.24, 2.45) is 11.8 Å². The van der Waals surface area contributed by atoms with Gasteiger partial charge in [-0.05, 0) is 18.9 Å². The fourth-order valence-electron chi connectivity index (χ4n) is 0.962. The smallest absolute Gasteiger partial charge is 0.0131 e. The van der Waals surface area contributed by atoms with Crippen LogP contribution in [0.3, 0.4) is 0 Å². The van der Waals surface area contributed by atoms with Gasteiger partial charge in [-0.2, -0.15) is 0 Å². The Morgan fingerprint density at radius 1 is 1.36 bits per heavy atom. The molecule has 0 bridgehead atoms. The van der Waals surface area contributed by atoms with Crippen molar-refractivity contribution < 1.29 is 0 Å². The molecular weight excluding hydrogens is 134 g/mol. The Morgan fingerprint density at radius 2 is 2.00 bits per heavy atom. The van der Waals surface area contributed by atoms with Crippen LogP contribution in [0.2, 0.25) is 0 Å². The standard InChI is InChI=1S/C10H21N/c1-5-9(2)10(3)7-6-8-11-4/h6-7,9-11H,5,8H2,1-4H3. The monoisotopic (exact) mass is 155 g/mol.